The molecule has 3 rings (SSSR count). The molecular weight excluding hydrogens is 320 g/mol. The molecule has 0 bridgehead atoms. The summed E-state index contributed by atoms with van der Waals surface area (Å²) in [4.78, 5) is 11.5. The molecule has 0 aliphatic rings. The third kappa shape index (κ3) is 3.21. The summed E-state index contributed by atoms with van der Waals surface area (Å²) >= 11 is 0. The lowest BCUT2D eigenvalue weighted by Crippen LogP contribution is -1.96. The third-order valence-corrected chi connectivity index (χ3v) is 3.85. The summed E-state index contributed by atoms with van der Waals surface area (Å²) in [5, 5.41) is 0.862. The van der Waals surface area contributed by atoms with Crippen molar-refractivity contribution >= 4 is 23.1 Å². The highest BCUT2D eigenvalue weighted by atomic mass is 16.5. The van der Waals surface area contributed by atoms with Crippen molar-refractivity contribution in [3.05, 3.63) is 64.0 Å². The van der Waals surface area contributed by atoms with Gasteiger partial charge in [-0.3, -0.25) is 0 Å². The molecule has 0 saturated carbocycles. The van der Waals surface area contributed by atoms with E-state index in [-0.39, 0.29) is 5.63 Å². The van der Waals surface area contributed by atoms with Gasteiger partial charge in [0.15, 0.2) is 11.5 Å². The summed E-state index contributed by atoms with van der Waals surface area (Å²) in [6.45, 7) is 0. The van der Waals surface area contributed by atoms with Gasteiger partial charge in [-0.15, -0.1) is 0 Å². The fourth-order valence-electron chi connectivity index (χ4n) is 2.68. The predicted molar refractivity (Wildman–Crippen MR) is 97.5 cm³/mol. The summed E-state index contributed by atoms with van der Waals surface area (Å²) in [5.74, 6) is 1.68. The smallest absolute Gasteiger partial charge is 0.336 e. The van der Waals surface area contributed by atoms with Crippen LogP contribution in [0.2, 0.25) is 0 Å². The second-order valence-electron chi connectivity index (χ2n) is 5.28. The van der Waals surface area contributed by atoms with E-state index in [1.807, 2.05) is 42.5 Å². The van der Waals surface area contributed by atoms with Crippen molar-refractivity contribution in [2.24, 2.45) is 0 Å². The Morgan fingerprint density at radius 1 is 0.800 bits per heavy atom. The molecule has 0 N–H and O–H groups in total. The number of hydrogen-bond acceptors (Lipinski definition) is 5. The Kier molecular flexibility index (Phi) is 4.75. The van der Waals surface area contributed by atoms with Crippen molar-refractivity contribution in [3.63, 3.8) is 0 Å². The zero-order chi connectivity index (χ0) is 17.8. The largest absolute Gasteiger partial charge is 0.493 e. The summed E-state index contributed by atoms with van der Waals surface area (Å²) in [7, 11) is 4.71. The molecule has 3 aromatic rings. The molecule has 5 heteroatoms. The van der Waals surface area contributed by atoms with E-state index in [0.717, 1.165) is 16.5 Å². The van der Waals surface area contributed by atoms with Crippen LogP contribution in [0.5, 0.6) is 17.2 Å². The summed E-state index contributed by atoms with van der Waals surface area (Å²) in [5.41, 5.74) is 1.78. The second kappa shape index (κ2) is 7.13. The predicted octanol–water partition coefficient (Wildman–Crippen LogP) is 3.99. The van der Waals surface area contributed by atoms with Crippen LogP contribution < -0.4 is 19.8 Å². The molecule has 0 saturated heterocycles. The van der Waals surface area contributed by atoms with Gasteiger partial charge in [0.25, 0.3) is 0 Å². The molecule has 2 aromatic carbocycles. The summed E-state index contributed by atoms with van der Waals surface area (Å²) in [6.07, 6.45) is 3.75. The lowest BCUT2D eigenvalue weighted by Gasteiger charge is -2.14. The van der Waals surface area contributed by atoms with E-state index >= 15 is 0 Å². The standard InChI is InChI=1S/C20H18O5/c1-22-16-11-9-15(19(23-2)20(16)24-3)8-7-13-5-4-6-14-10-12-17(21)25-18(13)14/h4-12H,1-3H3/b8-7+. The quantitative estimate of drug-likeness (QED) is 0.520. The van der Waals surface area contributed by atoms with Crippen LogP contribution in [0.15, 0.2) is 51.7 Å². The van der Waals surface area contributed by atoms with E-state index in [1.54, 1.807) is 27.4 Å². The average Bonchev–Trinajstić information content (AvgIpc) is 2.65. The van der Waals surface area contributed by atoms with Gasteiger partial charge in [-0.25, -0.2) is 4.79 Å². The van der Waals surface area contributed by atoms with E-state index in [0.29, 0.717) is 22.8 Å². The minimum atomic E-state index is -0.378. The van der Waals surface area contributed by atoms with E-state index < -0.39 is 0 Å². The monoisotopic (exact) mass is 338 g/mol. The van der Waals surface area contributed by atoms with Gasteiger partial charge in [-0.2, -0.15) is 0 Å². The molecule has 0 aliphatic carbocycles. The lowest BCUT2D eigenvalue weighted by atomic mass is 10.1. The maximum absolute atomic E-state index is 11.5. The first kappa shape index (κ1) is 16.6. The van der Waals surface area contributed by atoms with Crippen molar-refractivity contribution in [3.8, 4) is 17.2 Å². The highest BCUT2D eigenvalue weighted by Crippen LogP contribution is 2.40. The Bertz CT molecular complexity index is 985. The van der Waals surface area contributed by atoms with Crippen LogP contribution in [0.1, 0.15) is 11.1 Å². The maximum Gasteiger partial charge on any atom is 0.336 e. The van der Waals surface area contributed by atoms with Crippen molar-refractivity contribution in [2.45, 2.75) is 0 Å². The number of methoxy groups -OCH3 is 3. The molecule has 1 heterocycles. The Balaban J connectivity index is 2.09. The van der Waals surface area contributed by atoms with Crippen molar-refractivity contribution in [2.75, 3.05) is 21.3 Å². The van der Waals surface area contributed by atoms with Gasteiger partial charge >= 0.3 is 5.63 Å². The molecule has 1 aromatic heterocycles. The van der Waals surface area contributed by atoms with E-state index in [2.05, 4.69) is 0 Å². The number of rotatable bonds is 5. The first-order valence-corrected chi connectivity index (χ1v) is 7.68. The summed E-state index contributed by atoms with van der Waals surface area (Å²) < 4.78 is 21.5. The second-order valence-corrected chi connectivity index (χ2v) is 5.28. The highest BCUT2D eigenvalue weighted by Gasteiger charge is 2.14. The fraction of sp³-hybridized carbons (Fsp3) is 0.150. The summed E-state index contributed by atoms with van der Waals surface area (Å²) in [6, 6.07) is 12.5. The molecule has 0 unspecified atom stereocenters. The van der Waals surface area contributed by atoms with Gasteiger partial charge in [0, 0.05) is 22.6 Å². The number of fused-ring (bicyclic) bond motifs is 1. The minimum Gasteiger partial charge on any atom is -0.493 e. The fourth-order valence-corrected chi connectivity index (χ4v) is 2.68. The Labute approximate surface area is 145 Å². The first-order chi connectivity index (χ1) is 12.2. The zero-order valence-electron chi connectivity index (χ0n) is 14.2. The SMILES string of the molecule is COc1ccc(/C=C/c2cccc3ccc(=O)oc23)c(OC)c1OC. The van der Waals surface area contributed by atoms with Crippen molar-refractivity contribution < 1.29 is 18.6 Å². The Hall–Kier alpha value is -3.21. The number of ether oxygens (including phenoxy) is 3. The molecular formula is C20H18O5. The molecule has 128 valence electrons. The van der Waals surface area contributed by atoms with Gasteiger partial charge in [-0.05, 0) is 18.2 Å². The average molecular weight is 338 g/mol. The highest BCUT2D eigenvalue weighted by molar-refractivity contribution is 5.89. The van der Waals surface area contributed by atoms with E-state index in [4.69, 9.17) is 18.6 Å². The van der Waals surface area contributed by atoms with Crippen LogP contribution in [-0.2, 0) is 0 Å². The molecule has 0 atom stereocenters. The van der Waals surface area contributed by atoms with Gasteiger partial charge in [0.05, 0.1) is 21.3 Å². The third-order valence-electron chi connectivity index (χ3n) is 3.85. The zero-order valence-corrected chi connectivity index (χ0v) is 14.2. The van der Waals surface area contributed by atoms with Gasteiger partial charge in [-0.1, -0.05) is 30.4 Å². The van der Waals surface area contributed by atoms with E-state index in [1.165, 1.54) is 6.07 Å². The van der Waals surface area contributed by atoms with E-state index in [9.17, 15) is 4.79 Å². The van der Waals surface area contributed by atoms with Gasteiger partial charge in [0.1, 0.15) is 5.58 Å². The number of benzene rings is 2. The van der Waals surface area contributed by atoms with Crippen molar-refractivity contribution in [1.82, 2.24) is 0 Å². The van der Waals surface area contributed by atoms with Crippen molar-refractivity contribution in [1.29, 1.82) is 0 Å². The molecule has 5 nitrogen and oxygen atoms in total. The van der Waals surface area contributed by atoms with Gasteiger partial charge < -0.3 is 18.6 Å². The molecule has 0 fully saturated rings. The topological polar surface area (TPSA) is 57.9 Å². The number of para-hydroxylation sites is 1. The van der Waals surface area contributed by atoms with Crippen LogP contribution >= 0.6 is 0 Å². The normalized spacial score (nSPS) is 11.0. The van der Waals surface area contributed by atoms with Crippen LogP contribution in [0.4, 0.5) is 0 Å². The Morgan fingerprint density at radius 2 is 1.56 bits per heavy atom. The van der Waals surface area contributed by atoms with Crippen LogP contribution in [0.3, 0.4) is 0 Å². The molecule has 0 spiro atoms. The number of hydrogen-bond donors (Lipinski definition) is 0. The van der Waals surface area contributed by atoms with Crippen LogP contribution in [0, 0.1) is 0 Å². The van der Waals surface area contributed by atoms with Crippen LogP contribution in [0.25, 0.3) is 23.1 Å². The molecule has 25 heavy (non-hydrogen) atoms. The molecule has 0 radical (unpaired) electrons. The maximum atomic E-state index is 11.5. The van der Waals surface area contributed by atoms with Gasteiger partial charge in [0.2, 0.25) is 5.75 Å². The first-order valence-electron chi connectivity index (χ1n) is 7.68. The lowest BCUT2D eigenvalue weighted by molar-refractivity contribution is 0.324. The van der Waals surface area contributed by atoms with Crippen LogP contribution in [-0.4, -0.2) is 21.3 Å². The molecule has 0 aliphatic heterocycles. The minimum absolute atomic E-state index is 0.378. The molecule has 0 amide bonds. The Morgan fingerprint density at radius 3 is 2.28 bits per heavy atom.